The van der Waals surface area contributed by atoms with E-state index in [1.54, 1.807) is 4.90 Å². The highest BCUT2D eigenvalue weighted by Gasteiger charge is 2.30. The molecule has 0 aliphatic carbocycles. The molecule has 1 aliphatic rings. The molecule has 0 radical (unpaired) electrons. The van der Waals surface area contributed by atoms with Crippen molar-refractivity contribution in [2.45, 2.75) is 38.3 Å². The van der Waals surface area contributed by atoms with Gasteiger partial charge in [0.2, 0.25) is 5.91 Å². The lowest BCUT2D eigenvalue weighted by atomic mass is 10.1. The van der Waals surface area contributed by atoms with Crippen LogP contribution in [0.5, 0.6) is 0 Å². The monoisotopic (exact) mass is 380 g/mol. The van der Waals surface area contributed by atoms with Gasteiger partial charge in [0.25, 0.3) is 5.56 Å². The SMILES string of the molecule is O=C(CCc1nnc(-c2cccc(C(F)(F)F)c2)[nH]c1=O)N1CCCCC1. The van der Waals surface area contributed by atoms with E-state index in [0.717, 1.165) is 44.5 Å². The van der Waals surface area contributed by atoms with Crippen molar-refractivity contribution < 1.29 is 18.0 Å². The highest BCUT2D eigenvalue weighted by atomic mass is 19.4. The number of aromatic nitrogens is 3. The number of hydrogen-bond donors (Lipinski definition) is 1. The third kappa shape index (κ3) is 4.72. The number of nitrogens with one attached hydrogen (secondary N) is 1. The second-order valence-corrected chi connectivity index (χ2v) is 6.47. The van der Waals surface area contributed by atoms with Crippen molar-refractivity contribution in [1.82, 2.24) is 20.1 Å². The first-order valence-electron chi connectivity index (χ1n) is 8.76. The molecule has 27 heavy (non-hydrogen) atoms. The molecule has 144 valence electrons. The van der Waals surface area contributed by atoms with E-state index in [1.165, 1.54) is 12.1 Å². The molecule has 2 aromatic rings. The quantitative estimate of drug-likeness (QED) is 0.885. The van der Waals surface area contributed by atoms with Crippen LogP contribution in [0.3, 0.4) is 0 Å². The summed E-state index contributed by atoms with van der Waals surface area (Å²) in [4.78, 5) is 28.6. The van der Waals surface area contributed by atoms with Gasteiger partial charge in [-0.25, -0.2) is 0 Å². The van der Waals surface area contributed by atoms with Crippen molar-refractivity contribution in [1.29, 1.82) is 0 Å². The Morgan fingerprint density at radius 2 is 1.89 bits per heavy atom. The number of hydrogen-bond acceptors (Lipinski definition) is 4. The predicted molar refractivity (Wildman–Crippen MR) is 91.8 cm³/mol. The van der Waals surface area contributed by atoms with Crippen LogP contribution in [0.15, 0.2) is 29.1 Å². The summed E-state index contributed by atoms with van der Waals surface area (Å²) in [6.07, 6.45) is -1.11. The molecule has 1 aliphatic heterocycles. The van der Waals surface area contributed by atoms with Crippen LogP contribution in [0, 0.1) is 0 Å². The maximum Gasteiger partial charge on any atom is 0.416 e. The first-order chi connectivity index (χ1) is 12.8. The Morgan fingerprint density at radius 3 is 2.56 bits per heavy atom. The molecule has 1 fully saturated rings. The highest BCUT2D eigenvalue weighted by molar-refractivity contribution is 5.76. The minimum atomic E-state index is -4.49. The van der Waals surface area contributed by atoms with Gasteiger partial charge in [-0.3, -0.25) is 9.59 Å². The molecule has 1 aromatic carbocycles. The van der Waals surface area contributed by atoms with E-state index in [9.17, 15) is 22.8 Å². The average molecular weight is 380 g/mol. The predicted octanol–water partition coefficient (Wildman–Crippen LogP) is 2.80. The Hall–Kier alpha value is -2.71. The number of likely N-dealkylation sites (tertiary alicyclic amines) is 1. The van der Waals surface area contributed by atoms with E-state index >= 15 is 0 Å². The number of amides is 1. The standard InChI is InChI=1S/C18H19F3N4O2/c19-18(20,21)13-6-4-5-12(11-13)16-22-17(27)14(23-24-16)7-8-15(26)25-9-2-1-3-10-25/h4-6,11H,1-3,7-10H2,(H,22,24,27). The zero-order valence-corrected chi connectivity index (χ0v) is 14.6. The topological polar surface area (TPSA) is 79.0 Å². The molecule has 0 bridgehead atoms. The van der Waals surface area contributed by atoms with Crippen LogP contribution in [-0.4, -0.2) is 39.1 Å². The van der Waals surface area contributed by atoms with Gasteiger partial charge >= 0.3 is 6.18 Å². The molecule has 2 heterocycles. The number of carbonyl (C=O) groups excluding carboxylic acids is 1. The van der Waals surface area contributed by atoms with Crippen LogP contribution >= 0.6 is 0 Å². The average Bonchev–Trinajstić information content (AvgIpc) is 2.67. The summed E-state index contributed by atoms with van der Waals surface area (Å²) in [5, 5.41) is 7.64. The summed E-state index contributed by atoms with van der Waals surface area (Å²) in [6, 6.07) is 4.49. The number of benzene rings is 1. The third-order valence-electron chi connectivity index (χ3n) is 4.51. The van der Waals surface area contributed by atoms with Crippen LogP contribution in [0.2, 0.25) is 0 Å². The van der Waals surface area contributed by atoms with Crippen LogP contribution in [0.25, 0.3) is 11.4 Å². The van der Waals surface area contributed by atoms with Crippen LogP contribution in [-0.2, 0) is 17.4 Å². The Labute approximate surface area is 153 Å². The Balaban J connectivity index is 1.71. The number of rotatable bonds is 4. The van der Waals surface area contributed by atoms with Gasteiger partial charge in [-0.1, -0.05) is 12.1 Å². The van der Waals surface area contributed by atoms with Crippen molar-refractivity contribution >= 4 is 5.91 Å². The van der Waals surface area contributed by atoms with Crippen molar-refractivity contribution in [3.8, 4) is 11.4 Å². The lowest BCUT2D eigenvalue weighted by Gasteiger charge is -2.26. The smallest absolute Gasteiger partial charge is 0.343 e. The maximum atomic E-state index is 12.8. The fraction of sp³-hybridized carbons (Fsp3) is 0.444. The zero-order chi connectivity index (χ0) is 19.4. The first-order valence-corrected chi connectivity index (χ1v) is 8.76. The molecule has 0 atom stereocenters. The van der Waals surface area contributed by atoms with Gasteiger partial charge in [0.05, 0.1) is 5.56 Å². The molecule has 0 spiro atoms. The first kappa shape index (κ1) is 19.1. The van der Waals surface area contributed by atoms with Crippen LogP contribution in [0.4, 0.5) is 13.2 Å². The number of carbonyl (C=O) groups is 1. The highest BCUT2D eigenvalue weighted by Crippen LogP contribution is 2.31. The van der Waals surface area contributed by atoms with Crippen molar-refractivity contribution in [3.05, 3.63) is 45.9 Å². The molecular weight excluding hydrogens is 361 g/mol. The third-order valence-corrected chi connectivity index (χ3v) is 4.51. The van der Waals surface area contributed by atoms with Gasteiger partial charge < -0.3 is 9.88 Å². The fourth-order valence-corrected chi connectivity index (χ4v) is 3.02. The number of aryl methyl sites for hydroxylation is 1. The molecule has 6 nitrogen and oxygen atoms in total. The van der Waals surface area contributed by atoms with E-state index < -0.39 is 17.3 Å². The molecule has 1 amide bonds. The lowest BCUT2D eigenvalue weighted by molar-refractivity contribution is -0.137. The Morgan fingerprint density at radius 1 is 1.15 bits per heavy atom. The van der Waals surface area contributed by atoms with Gasteiger partial charge in [-0.2, -0.15) is 13.2 Å². The number of aromatic amines is 1. The molecule has 0 unspecified atom stereocenters. The van der Waals surface area contributed by atoms with Gasteiger partial charge in [0.1, 0.15) is 5.69 Å². The van der Waals surface area contributed by atoms with Crippen molar-refractivity contribution in [2.24, 2.45) is 0 Å². The van der Waals surface area contributed by atoms with Gasteiger partial charge in [-0.05, 0) is 31.4 Å². The van der Waals surface area contributed by atoms with E-state index in [0.29, 0.717) is 0 Å². The minimum Gasteiger partial charge on any atom is -0.343 e. The van der Waals surface area contributed by atoms with Gasteiger partial charge in [-0.15, -0.1) is 10.2 Å². The fourth-order valence-electron chi connectivity index (χ4n) is 3.02. The molecule has 9 heteroatoms. The summed E-state index contributed by atoms with van der Waals surface area (Å²) in [6.45, 7) is 1.46. The summed E-state index contributed by atoms with van der Waals surface area (Å²) in [7, 11) is 0. The Kier molecular flexibility index (Phi) is 5.57. The summed E-state index contributed by atoms with van der Waals surface area (Å²) in [5.74, 6) is -0.0740. The summed E-state index contributed by atoms with van der Waals surface area (Å²) >= 11 is 0. The van der Waals surface area contributed by atoms with Crippen molar-refractivity contribution in [3.63, 3.8) is 0 Å². The lowest BCUT2D eigenvalue weighted by Crippen LogP contribution is -2.36. The molecule has 3 rings (SSSR count). The number of halogens is 3. The van der Waals surface area contributed by atoms with Gasteiger partial charge in [0, 0.05) is 31.5 Å². The molecular formula is C18H19F3N4O2. The van der Waals surface area contributed by atoms with Crippen molar-refractivity contribution in [2.75, 3.05) is 13.1 Å². The second kappa shape index (κ2) is 7.89. The summed E-state index contributed by atoms with van der Waals surface area (Å²) < 4.78 is 38.4. The number of nitrogens with zero attached hydrogens (tertiary/aromatic N) is 3. The van der Waals surface area contributed by atoms with E-state index in [-0.39, 0.29) is 35.8 Å². The Bertz CT molecular complexity index is 873. The number of piperidine rings is 1. The molecule has 1 saturated heterocycles. The van der Waals surface area contributed by atoms with E-state index in [1.807, 2.05) is 0 Å². The number of alkyl halides is 3. The zero-order valence-electron chi connectivity index (χ0n) is 14.6. The summed E-state index contributed by atoms with van der Waals surface area (Å²) in [5.41, 5.74) is -1.18. The maximum absolute atomic E-state index is 12.8. The minimum absolute atomic E-state index is 0.0298. The van der Waals surface area contributed by atoms with Crippen LogP contribution in [0.1, 0.15) is 36.9 Å². The van der Waals surface area contributed by atoms with Gasteiger partial charge in [0.15, 0.2) is 5.82 Å². The molecule has 0 saturated carbocycles. The van der Waals surface area contributed by atoms with E-state index in [2.05, 4.69) is 15.2 Å². The second-order valence-electron chi connectivity index (χ2n) is 6.47. The van der Waals surface area contributed by atoms with E-state index in [4.69, 9.17) is 0 Å². The normalized spacial score (nSPS) is 15.0. The molecule has 1 N–H and O–H groups in total. The molecule has 1 aromatic heterocycles. The van der Waals surface area contributed by atoms with Crippen LogP contribution < -0.4 is 5.56 Å². The number of H-pyrrole nitrogens is 1. The largest absolute Gasteiger partial charge is 0.416 e.